The summed E-state index contributed by atoms with van der Waals surface area (Å²) >= 11 is 0. The van der Waals surface area contributed by atoms with Crippen LogP contribution in [0.5, 0.6) is 5.75 Å². The number of anilines is 1. The normalized spacial score (nSPS) is 22.8. The minimum absolute atomic E-state index is 0.273. The van der Waals surface area contributed by atoms with E-state index in [1.165, 1.54) is 7.11 Å². The molecule has 0 bridgehead atoms. The fraction of sp³-hybridized carbons (Fsp3) is 0.233. The monoisotopic (exact) mass is 479 g/mol. The summed E-state index contributed by atoms with van der Waals surface area (Å²) < 4.78 is 11.3. The molecule has 0 N–H and O–H groups in total. The molecule has 1 spiro atoms. The molecule has 6 nitrogen and oxygen atoms in total. The Hall–Kier alpha value is -4.19. The van der Waals surface area contributed by atoms with Crippen LogP contribution in [-0.4, -0.2) is 43.3 Å². The number of rotatable bonds is 4. The Labute approximate surface area is 209 Å². The van der Waals surface area contributed by atoms with Gasteiger partial charge in [0.15, 0.2) is 11.6 Å². The van der Waals surface area contributed by atoms with E-state index in [9.17, 15) is 14.4 Å². The molecule has 0 unspecified atom stereocenters. The first-order valence-electron chi connectivity index (χ1n) is 12.1. The van der Waals surface area contributed by atoms with Crippen LogP contribution in [0.3, 0.4) is 0 Å². The van der Waals surface area contributed by atoms with Crippen LogP contribution < -0.4 is 9.64 Å². The molecule has 0 radical (unpaired) electrons. The van der Waals surface area contributed by atoms with Crippen LogP contribution in [0.15, 0.2) is 78.9 Å². The highest BCUT2D eigenvalue weighted by molar-refractivity contribution is 6.32. The molecule has 1 saturated heterocycles. The molecule has 2 heterocycles. The van der Waals surface area contributed by atoms with Crippen molar-refractivity contribution in [1.29, 1.82) is 0 Å². The molecule has 6 heteroatoms. The van der Waals surface area contributed by atoms with E-state index >= 15 is 0 Å². The Kier molecular flexibility index (Phi) is 5.07. The highest BCUT2D eigenvalue weighted by atomic mass is 16.5. The highest BCUT2D eigenvalue weighted by Gasteiger charge is 2.72. The standard InChI is InChI=1S/C30H25NO5/c1-3-36-23-15-9-7-13-21(23)25-26(29(34)35-2)31-22-14-8-4-10-18(22)16-17-24(31)30(25)27(32)19-11-5-6-12-20(19)28(30)33/h4-17,24-26H,3H2,1-2H3/t24-,25+,26+/m0/s1. The maximum Gasteiger partial charge on any atom is 0.329 e. The first-order chi connectivity index (χ1) is 17.6. The molecule has 180 valence electrons. The van der Waals surface area contributed by atoms with Gasteiger partial charge in [0.1, 0.15) is 17.2 Å². The van der Waals surface area contributed by atoms with E-state index in [1.54, 1.807) is 24.3 Å². The van der Waals surface area contributed by atoms with E-state index in [4.69, 9.17) is 9.47 Å². The largest absolute Gasteiger partial charge is 0.494 e. The zero-order valence-electron chi connectivity index (χ0n) is 20.0. The topological polar surface area (TPSA) is 72.9 Å². The summed E-state index contributed by atoms with van der Waals surface area (Å²) in [4.78, 5) is 44.4. The molecule has 3 atom stereocenters. The Morgan fingerprint density at radius 2 is 1.56 bits per heavy atom. The van der Waals surface area contributed by atoms with Gasteiger partial charge in [0.05, 0.1) is 19.8 Å². The van der Waals surface area contributed by atoms with Crippen molar-refractivity contribution in [2.75, 3.05) is 18.6 Å². The Morgan fingerprint density at radius 1 is 0.917 bits per heavy atom. The molecular formula is C30H25NO5. The predicted molar refractivity (Wildman–Crippen MR) is 135 cm³/mol. The second-order valence-corrected chi connectivity index (χ2v) is 9.26. The van der Waals surface area contributed by atoms with Gasteiger partial charge >= 0.3 is 5.97 Å². The fourth-order valence-electron chi connectivity index (χ4n) is 6.38. The van der Waals surface area contributed by atoms with E-state index in [1.807, 2.05) is 72.5 Å². The van der Waals surface area contributed by atoms with Crippen molar-refractivity contribution in [1.82, 2.24) is 0 Å². The quantitative estimate of drug-likeness (QED) is 0.399. The number of para-hydroxylation sites is 2. The second-order valence-electron chi connectivity index (χ2n) is 9.26. The van der Waals surface area contributed by atoms with Crippen molar-refractivity contribution in [3.63, 3.8) is 0 Å². The lowest BCUT2D eigenvalue weighted by Gasteiger charge is -2.36. The molecule has 36 heavy (non-hydrogen) atoms. The molecule has 0 aromatic heterocycles. The number of nitrogens with zero attached hydrogens (tertiary/aromatic N) is 1. The van der Waals surface area contributed by atoms with E-state index in [0.717, 1.165) is 11.3 Å². The van der Waals surface area contributed by atoms with Gasteiger partial charge in [-0.15, -0.1) is 0 Å². The number of hydrogen-bond donors (Lipinski definition) is 0. The Bertz CT molecular complexity index is 1410. The lowest BCUT2D eigenvalue weighted by atomic mass is 9.64. The molecule has 3 aromatic carbocycles. The van der Waals surface area contributed by atoms with E-state index in [-0.39, 0.29) is 11.6 Å². The molecular weight excluding hydrogens is 454 g/mol. The van der Waals surface area contributed by atoms with Gasteiger partial charge < -0.3 is 14.4 Å². The molecule has 2 aliphatic heterocycles. The summed E-state index contributed by atoms with van der Waals surface area (Å²) in [6.45, 7) is 2.28. The molecule has 1 aliphatic carbocycles. The third-order valence-electron chi connectivity index (χ3n) is 7.71. The van der Waals surface area contributed by atoms with Crippen LogP contribution in [0.1, 0.15) is 44.7 Å². The highest BCUT2D eigenvalue weighted by Crippen LogP contribution is 2.61. The third-order valence-corrected chi connectivity index (χ3v) is 7.71. The van der Waals surface area contributed by atoms with Crippen LogP contribution in [0.2, 0.25) is 0 Å². The summed E-state index contributed by atoms with van der Waals surface area (Å²) in [6.07, 6.45) is 3.83. The van der Waals surface area contributed by atoms with Gasteiger partial charge in [-0.2, -0.15) is 0 Å². The third kappa shape index (κ3) is 2.75. The van der Waals surface area contributed by atoms with Crippen molar-refractivity contribution < 1.29 is 23.9 Å². The predicted octanol–water partition coefficient (Wildman–Crippen LogP) is 4.69. The maximum atomic E-state index is 14.4. The number of ether oxygens (including phenoxy) is 2. The lowest BCUT2D eigenvalue weighted by molar-refractivity contribution is -0.142. The number of ketones is 2. The van der Waals surface area contributed by atoms with Crippen LogP contribution in [0, 0.1) is 5.41 Å². The number of esters is 1. The minimum Gasteiger partial charge on any atom is -0.494 e. The summed E-state index contributed by atoms with van der Waals surface area (Å²) in [6, 6.07) is 20.4. The Balaban J connectivity index is 1.70. The number of benzene rings is 3. The van der Waals surface area contributed by atoms with Crippen LogP contribution >= 0.6 is 0 Å². The molecule has 1 fully saturated rings. The van der Waals surface area contributed by atoms with Crippen molar-refractivity contribution in [2.45, 2.75) is 24.9 Å². The number of carbonyl (C=O) groups excluding carboxylic acids is 3. The van der Waals surface area contributed by atoms with Crippen molar-refractivity contribution in [3.8, 4) is 5.75 Å². The van der Waals surface area contributed by atoms with Crippen LogP contribution in [-0.2, 0) is 9.53 Å². The lowest BCUT2D eigenvalue weighted by Crippen LogP contribution is -2.48. The fourth-order valence-corrected chi connectivity index (χ4v) is 6.38. The van der Waals surface area contributed by atoms with Gasteiger partial charge in [-0.1, -0.05) is 72.8 Å². The summed E-state index contributed by atoms with van der Waals surface area (Å²) in [5.74, 6) is -1.34. The second kappa shape index (κ2) is 8.19. The van der Waals surface area contributed by atoms with Crippen molar-refractivity contribution >= 4 is 29.3 Å². The molecule has 0 amide bonds. The number of carbonyl (C=O) groups is 3. The Morgan fingerprint density at radius 3 is 2.25 bits per heavy atom. The molecule has 6 rings (SSSR count). The van der Waals surface area contributed by atoms with Crippen LogP contribution in [0.25, 0.3) is 6.08 Å². The smallest absolute Gasteiger partial charge is 0.329 e. The summed E-state index contributed by atoms with van der Waals surface area (Å²) in [5, 5.41) is 0. The minimum atomic E-state index is -1.56. The average Bonchev–Trinajstić information content (AvgIpc) is 3.35. The van der Waals surface area contributed by atoms with Gasteiger partial charge in [-0.3, -0.25) is 9.59 Å². The summed E-state index contributed by atoms with van der Waals surface area (Å²) in [5.41, 5.74) is 1.56. The number of fused-ring (bicyclic) bond motifs is 5. The number of methoxy groups -OCH3 is 1. The van der Waals surface area contributed by atoms with Gasteiger partial charge in [-0.05, 0) is 24.6 Å². The van der Waals surface area contributed by atoms with E-state index in [0.29, 0.717) is 29.0 Å². The van der Waals surface area contributed by atoms with E-state index in [2.05, 4.69) is 0 Å². The van der Waals surface area contributed by atoms with Gasteiger partial charge in [0.2, 0.25) is 0 Å². The van der Waals surface area contributed by atoms with Crippen LogP contribution in [0.4, 0.5) is 5.69 Å². The maximum absolute atomic E-state index is 14.4. The number of hydrogen-bond acceptors (Lipinski definition) is 6. The number of Topliss-reactive ketones (excluding diaryl/α,β-unsaturated/α-hetero) is 2. The zero-order chi connectivity index (χ0) is 25.0. The molecule has 3 aliphatic rings. The van der Waals surface area contributed by atoms with Gasteiger partial charge in [-0.25, -0.2) is 4.79 Å². The SMILES string of the molecule is CCOc1ccccc1[C@@H]1[C@H](C(=O)OC)N2c3ccccc3C=C[C@H]2C12C(=O)c1ccccc1C2=O. The average molecular weight is 480 g/mol. The summed E-state index contributed by atoms with van der Waals surface area (Å²) in [7, 11) is 1.34. The first-order valence-corrected chi connectivity index (χ1v) is 12.1. The van der Waals surface area contributed by atoms with Crippen molar-refractivity contribution in [2.24, 2.45) is 5.41 Å². The molecule has 0 saturated carbocycles. The first kappa shape index (κ1) is 22.3. The van der Waals surface area contributed by atoms with E-state index < -0.39 is 29.4 Å². The van der Waals surface area contributed by atoms with Gasteiger partial charge in [0, 0.05) is 28.3 Å². The van der Waals surface area contributed by atoms with Gasteiger partial charge in [0.25, 0.3) is 0 Å². The van der Waals surface area contributed by atoms with Crippen molar-refractivity contribution in [3.05, 3.63) is 101 Å². The zero-order valence-corrected chi connectivity index (χ0v) is 20.0. The molecule has 3 aromatic rings.